The molecule has 1 rings (SSSR count). The van der Waals surface area contributed by atoms with Crippen LogP contribution in [-0.2, 0) is 10.0 Å². The maximum Gasteiger partial charge on any atom is 0.304 e. The number of rotatable bonds is 6. The van der Waals surface area contributed by atoms with Crippen molar-refractivity contribution in [2.24, 2.45) is 0 Å². The molecule has 0 amide bonds. The van der Waals surface area contributed by atoms with Gasteiger partial charge in [-0.25, -0.2) is 8.42 Å². The molecule has 0 saturated heterocycles. The third-order valence-corrected chi connectivity index (χ3v) is 6.77. The van der Waals surface area contributed by atoms with Gasteiger partial charge in [-0.05, 0) is 13.2 Å². The molecule has 19 heavy (non-hydrogen) atoms. The molecule has 7 nitrogen and oxygen atoms in total. The Labute approximate surface area is 120 Å². The van der Waals surface area contributed by atoms with E-state index in [1.54, 1.807) is 6.92 Å². The third kappa shape index (κ3) is 3.38. The van der Waals surface area contributed by atoms with Crippen LogP contribution in [0.1, 0.15) is 6.92 Å². The van der Waals surface area contributed by atoms with Gasteiger partial charge in [-0.1, -0.05) is 11.3 Å². The molecule has 0 aliphatic heterocycles. The molecule has 1 heterocycles. The lowest BCUT2D eigenvalue weighted by molar-refractivity contribution is -0.383. The Bertz CT molecular complexity index is 569. The highest BCUT2D eigenvalue weighted by atomic mass is 32.2. The van der Waals surface area contributed by atoms with E-state index >= 15 is 0 Å². The fourth-order valence-electron chi connectivity index (χ4n) is 1.37. The summed E-state index contributed by atoms with van der Waals surface area (Å²) in [5.74, 6) is 0.638. The van der Waals surface area contributed by atoms with Gasteiger partial charge in [-0.3, -0.25) is 10.1 Å². The molecule has 1 unspecified atom stereocenters. The second-order valence-corrected chi connectivity index (χ2v) is 8.12. The predicted octanol–water partition coefficient (Wildman–Crippen LogP) is 1.61. The molecule has 0 aromatic carbocycles. The number of anilines is 1. The van der Waals surface area contributed by atoms with Crippen LogP contribution in [-0.4, -0.2) is 42.7 Å². The molecular weight excluding hydrogens is 310 g/mol. The first-order valence-corrected chi connectivity index (χ1v) is 8.87. The number of hydrogen-bond donors (Lipinski definition) is 1. The van der Waals surface area contributed by atoms with Gasteiger partial charge in [-0.2, -0.15) is 16.1 Å². The molecular formula is C9H15N3O4S3. The van der Waals surface area contributed by atoms with Crippen molar-refractivity contribution in [2.45, 2.75) is 17.2 Å². The Hall–Kier alpha value is -0.840. The molecule has 0 bridgehead atoms. The van der Waals surface area contributed by atoms with Gasteiger partial charge in [0.2, 0.25) is 0 Å². The van der Waals surface area contributed by atoms with Gasteiger partial charge in [0.1, 0.15) is 4.21 Å². The molecule has 2 N–H and O–H groups in total. The monoisotopic (exact) mass is 325 g/mol. The zero-order chi connectivity index (χ0) is 14.8. The van der Waals surface area contributed by atoms with Crippen LogP contribution in [0.2, 0.25) is 0 Å². The summed E-state index contributed by atoms with van der Waals surface area (Å²) in [4.78, 5) is 10.0. The van der Waals surface area contributed by atoms with Crippen molar-refractivity contribution >= 4 is 43.8 Å². The average Bonchev–Trinajstić information content (AvgIpc) is 2.71. The maximum atomic E-state index is 12.3. The maximum absolute atomic E-state index is 12.3. The zero-order valence-electron chi connectivity index (χ0n) is 10.7. The van der Waals surface area contributed by atoms with Gasteiger partial charge in [0.05, 0.1) is 4.92 Å². The molecule has 1 aromatic rings. The van der Waals surface area contributed by atoms with E-state index in [4.69, 9.17) is 5.73 Å². The number of nitro groups is 1. The standard InChI is InChI=1S/C9H15N3O4S3/c1-6(5-17-3)11(2)19(15,16)8-4-7(12(13)14)9(10)18-8/h4,6H,5,10H2,1-3H3. The quantitative estimate of drug-likeness (QED) is 0.629. The number of thiophene rings is 1. The summed E-state index contributed by atoms with van der Waals surface area (Å²) < 4.78 is 25.7. The van der Waals surface area contributed by atoms with E-state index in [-0.39, 0.29) is 20.9 Å². The zero-order valence-corrected chi connectivity index (χ0v) is 13.1. The topological polar surface area (TPSA) is 107 Å². The lowest BCUT2D eigenvalue weighted by Crippen LogP contribution is -2.36. The van der Waals surface area contributed by atoms with Crippen LogP contribution in [0.3, 0.4) is 0 Å². The van der Waals surface area contributed by atoms with E-state index in [2.05, 4.69) is 0 Å². The van der Waals surface area contributed by atoms with Crippen LogP contribution < -0.4 is 5.73 Å². The van der Waals surface area contributed by atoms with Gasteiger partial charge >= 0.3 is 5.69 Å². The molecule has 0 radical (unpaired) electrons. The van der Waals surface area contributed by atoms with E-state index in [0.717, 1.165) is 6.07 Å². The SMILES string of the molecule is CSCC(C)N(C)S(=O)(=O)c1cc([N+](=O)[O-])c(N)s1. The summed E-state index contributed by atoms with van der Waals surface area (Å²) in [6.45, 7) is 1.78. The predicted molar refractivity (Wildman–Crippen MR) is 78.2 cm³/mol. The first-order valence-electron chi connectivity index (χ1n) is 5.22. The Morgan fingerprint density at radius 3 is 2.63 bits per heavy atom. The van der Waals surface area contributed by atoms with Crippen LogP contribution in [0.5, 0.6) is 0 Å². The van der Waals surface area contributed by atoms with E-state index in [1.807, 2.05) is 6.26 Å². The number of sulfonamides is 1. The molecule has 1 aromatic heterocycles. The van der Waals surface area contributed by atoms with Crippen LogP contribution in [0.4, 0.5) is 10.7 Å². The Balaban J connectivity index is 3.13. The molecule has 10 heteroatoms. The third-order valence-electron chi connectivity index (χ3n) is 2.58. The molecule has 0 aliphatic rings. The number of nitrogen functional groups attached to an aromatic ring is 1. The fraction of sp³-hybridized carbons (Fsp3) is 0.556. The van der Waals surface area contributed by atoms with Crippen LogP contribution in [0, 0.1) is 10.1 Å². The molecule has 1 atom stereocenters. The van der Waals surface area contributed by atoms with Crippen LogP contribution in [0.15, 0.2) is 10.3 Å². The van der Waals surface area contributed by atoms with Crippen LogP contribution in [0.25, 0.3) is 0 Å². The van der Waals surface area contributed by atoms with E-state index in [0.29, 0.717) is 17.1 Å². The van der Waals surface area contributed by atoms with Crippen LogP contribution >= 0.6 is 23.1 Å². The van der Waals surface area contributed by atoms with Gasteiger partial charge in [-0.15, -0.1) is 0 Å². The lowest BCUT2D eigenvalue weighted by Gasteiger charge is -2.22. The minimum atomic E-state index is -3.74. The van der Waals surface area contributed by atoms with Crippen molar-refractivity contribution in [3.63, 3.8) is 0 Å². The Morgan fingerprint density at radius 1 is 1.63 bits per heavy atom. The van der Waals surface area contributed by atoms with Gasteiger partial charge in [0.15, 0.2) is 5.00 Å². The largest absolute Gasteiger partial charge is 0.385 e. The van der Waals surface area contributed by atoms with E-state index in [9.17, 15) is 18.5 Å². The summed E-state index contributed by atoms with van der Waals surface area (Å²) in [5, 5.41) is 10.6. The minimum Gasteiger partial charge on any atom is -0.385 e. The summed E-state index contributed by atoms with van der Waals surface area (Å²) in [5.41, 5.74) is 5.10. The van der Waals surface area contributed by atoms with Gasteiger partial charge < -0.3 is 5.73 Å². The van der Waals surface area contributed by atoms with E-state index in [1.165, 1.54) is 23.1 Å². The second-order valence-electron chi connectivity index (χ2n) is 3.90. The Morgan fingerprint density at radius 2 is 2.21 bits per heavy atom. The van der Waals surface area contributed by atoms with E-state index < -0.39 is 14.9 Å². The highest BCUT2D eigenvalue weighted by molar-refractivity contribution is 7.98. The summed E-state index contributed by atoms with van der Waals surface area (Å²) in [6.07, 6.45) is 1.88. The van der Waals surface area contributed by atoms with Crippen molar-refractivity contribution in [3.8, 4) is 0 Å². The van der Waals surface area contributed by atoms with Crippen molar-refractivity contribution in [1.29, 1.82) is 0 Å². The highest BCUT2D eigenvalue weighted by Crippen LogP contribution is 2.35. The molecule has 0 fully saturated rings. The molecule has 108 valence electrons. The molecule has 0 spiro atoms. The molecule has 0 saturated carbocycles. The molecule has 0 aliphatic carbocycles. The first-order chi connectivity index (χ1) is 8.71. The number of hydrogen-bond acceptors (Lipinski definition) is 7. The second kappa shape index (κ2) is 6.07. The number of nitrogens with zero attached hydrogens (tertiary/aromatic N) is 2. The summed E-state index contributed by atoms with van der Waals surface area (Å²) >= 11 is 2.24. The Kier molecular flexibility index (Phi) is 5.18. The summed E-state index contributed by atoms with van der Waals surface area (Å²) in [6, 6.07) is 0.805. The van der Waals surface area contributed by atoms with Crippen molar-refractivity contribution in [1.82, 2.24) is 4.31 Å². The fourth-order valence-corrected chi connectivity index (χ4v) is 4.93. The van der Waals surface area contributed by atoms with Crippen molar-refractivity contribution in [3.05, 3.63) is 16.2 Å². The van der Waals surface area contributed by atoms with Crippen molar-refractivity contribution in [2.75, 3.05) is 24.8 Å². The highest BCUT2D eigenvalue weighted by Gasteiger charge is 2.30. The lowest BCUT2D eigenvalue weighted by atomic mass is 10.4. The first kappa shape index (κ1) is 16.2. The van der Waals surface area contributed by atoms with Gasteiger partial charge in [0.25, 0.3) is 10.0 Å². The number of thioether (sulfide) groups is 1. The summed E-state index contributed by atoms with van der Waals surface area (Å²) in [7, 11) is -2.29. The van der Waals surface area contributed by atoms with Crippen molar-refractivity contribution < 1.29 is 13.3 Å². The normalized spacial score (nSPS) is 13.7. The smallest absolute Gasteiger partial charge is 0.304 e. The van der Waals surface area contributed by atoms with Gasteiger partial charge in [0, 0.05) is 24.9 Å². The average molecular weight is 325 g/mol. The minimum absolute atomic E-state index is 0.102. The number of nitrogens with two attached hydrogens (primary N) is 1.